The lowest BCUT2D eigenvalue weighted by atomic mass is 9.98. The van der Waals surface area contributed by atoms with Gasteiger partial charge in [-0.2, -0.15) is 0 Å². The molecule has 0 saturated carbocycles. The van der Waals surface area contributed by atoms with Crippen LogP contribution in [0, 0.1) is 13.8 Å². The Labute approximate surface area is 144 Å². The monoisotopic (exact) mass is 322 g/mol. The zero-order chi connectivity index (χ0) is 17.1. The zero-order valence-corrected chi connectivity index (χ0v) is 14.9. The summed E-state index contributed by atoms with van der Waals surface area (Å²) in [6.07, 6.45) is 0. The van der Waals surface area contributed by atoms with Crippen LogP contribution in [0.15, 0.2) is 42.5 Å². The first-order chi connectivity index (χ1) is 11.5. The van der Waals surface area contributed by atoms with E-state index in [0.29, 0.717) is 0 Å². The number of likely N-dealkylation sites (N-methyl/N-ethyl adjacent to an activating group) is 1. The van der Waals surface area contributed by atoms with Crippen LogP contribution in [0.2, 0.25) is 0 Å². The van der Waals surface area contributed by atoms with Crippen LogP contribution < -0.4 is 0 Å². The highest BCUT2D eigenvalue weighted by atomic mass is 16.1. The van der Waals surface area contributed by atoms with Crippen molar-refractivity contribution in [3.8, 4) is 0 Å². The van der Waals surface area contributed by atoms with Gasteiger partial charge in [-0.3, -0.25) is 9.69 Å². The summed E-state index contributed by atoms with van der Waals surface area (Å²) in [5.41, 5.74) is 5.08. The van der Waals surface area contributed by atoms with Crippen LogP contribution in [-0.4, -0.2) is 48.8 Å². The predicted octanol–water partition coefficient (Wildman–Crippen LogP) is 3.28. The Morgan fingerprint density at radius 3 is 2.04 bits per heavy atom. The highest BCUT2D eigenvalue weighted by Crippen LogP contribution is 2.16. The zero-order valence-electron chi connectivity index (χ0n) is 14.9. The van der Waals surface area contributed by atoms with Crippen LogP contribution in [0.5, 0.6) is 0 Å². The Balaban J connectivity index is 1.68. The SMILES string of the molecule is Cc1cc(C)cc(C(=O)c2ccc(CN3CCN(C)CC3)cc2)c1. The van der Waals surface area contributed by atoms with Gasteiger partial charge in [-0.1, -0.05) is 41.5 Å². The normalized spacial score (nSPS) is 16.3. The van der Waals surface area contributed by atoms with Crippen molar-refractivity contribution < 1.29 is 4.79 Å². The molecule has 1 fully saturated rings. The topological polar surface area (TPSA) is 23.6 Å². The quantitative estimate of drug-likeness (QED) is 0.807. The molecule has 0 radical (unpaired) electrons. The second kappa shape index (κ2) is 7.29. The van der Waals surface area contributed by atoms with Crippen molar-refractivity contribution in [2.24, 2.45) is 0 Å². The molecule has 2 aromatic rings. The van der Waals surface area contributed by atoms with Gasteiger partial charge in [0.2, 0.25) is 0 Å². The van der Waals surface area contributed by atoms with Crippen molar-refractivity contribution in [3.05, 3.63) is 70.3 Å². The number of carbonyl (C=O) groups excluding carboxylic acids is 1. The van der Waals surface area contributed by atoms with Crippen molar-refractivity contribution in [2.75, 3.05) is 33.2 Å². The Morgan fingerprint density at radius 2 is 1.46 bits per heavy atom. The van der Waals surface area contributed by atoms with Crippen LogP contribution in [-0.2, 0) is 6.54 Å². The number of carbonyl (C=O) groups is 1. The molecule has 0 amide bonds. The molecule has 1 aliphatic rings. The Kier molecular flexibility index (Phi) is 5.12. The van der Waals surface area contributed by atoms with E-state index in [4.69, 9.17) is 0 Å². The maximum Gasteiger partial charge on any atom is 0.193 e. The van der Waals surface area contributed by atoms with Gasteiger partial charge in [0.1, 0.15) is 0 Å². The second-order valence-electron chi connectivity index (χ2n) is 6.98. The second-order valence-corrected chi connectivity index (χ2v) is 6.98. The summed E-state index contributed by atoms with van der Waals surface area (Å²) < 4.78 is 0. The van der Waals surface area contributed by atoms with E-state index in [1.54, 1.807) is 0 Å². The molecule has 3 nitrogen and oxygen atoms in total. The highest BCUT2D eigenvalue weighted by Gasteiger charge is 2.14. The molecular weight excluding hydrogens is 296 g/mol. The van der Waals surface area contributed by atoms with Crippen LogP contribution in [0.3, 0.4) is 0 Å². The lowest BCUT2D eigenvalue weighted by molar-refractivity contribution is 0.103. The van der Waals surface area contributed by atoms with Gasteiger partial charge >= 0.3 is 0 Å². The van der Waals surface area contributed by atoms with E-state index in [9.17, 15) is 4.79 Å². The van der Waals surface area contributed by atoms with E-state index in [0.717, 1.165) is 55.0 Å². The van der Waals surface area contributed by atoms with Gasteiger partial charge in [0.15, 0.2) is 5.78 Å². The molecule has 0 aromatic heterocycles. The lowest BCUT2D eigenvalue weighted by Gasteiger charge is -2.32. The maximum atomic E-state index is 12.7. The molecule has 2 aromatic carbocycles. The van der Waals surface area contributed by atoms with Crippen LogP contribution >= 0.6 is 0 Å². The van der Waals surface area contributed by atoms with Gasteiger partial charge in [0.05, 0.1) is 0 Å². The number of hydrogen-bond donors (Lipinski definition) is 0. The van der Waals surface area contributed by atoms with Gasteiger partial charge in [-0.25, -0.2) is 0 Å². The Morgan fingerprint density at radius 1 is 0.875 bits per heavy atom. The van der Waals surface area contributed by atoms with E-state index < -0.39 is 0 Å². The van der Waals surface area contributed by atoms with E-state index in [1.165, 1.54) is 5.56 Å². The number of piperazine rings is 1. The molecule has 1 heterocycles. The van der Waals surface area contributed by atoms with Crippen LogP contribution in [0.1, 0.15) is 32.6 Å². The summed E-state index contributed by atoms with van der Waals surface area (Å²) in [5.74, 6) is 0.105. The average molecular weight is 322 g/mol. The van der Waals surface area contributed by atoms with E-state index in [2.05, 4.69) is 35.0 Å². The van der Waals surface area contributed by atoms with Gasteiger partial charge in [-0.15, -0.1) is 0 Å². The van der Waals surface area contributed by atoms with Crippen molar-refractivity contribution in [1.29, 1.82) is 0 Å². The van der Waals surface area contributed by atoms with E-state index in [1.807, 2.05) is 38.1 Å². The van der Waals surface area contributed by atoms with Crippen LogP contribution in [0.4, 0.5) is 0 Å². The molecule has 0 atom stereocenters. The number of aryl methyl sites for hydroxylation is 2. The number of hydrogen-bond acceptors (Lipinski definition) is 3. The minimum Gasteiger partial charge on any atom is -0.304 e. The third-order valence-electron chi connectivity index (χ3n) is 4.70. The summed E-state index contributed by atoms with van der Waals surface area (Å²) in [5, 5.41) is 0. The molecule has 0 unspecified atom stereocenters. The van der Waals surface area contributed by atoms with Gasteiger partial charge < -0.3 is 4.90 Å². The molecule has 126 valence electrons. The number of benzene rings is 2. The molecule has 1 saturated heterocycles. The molecule has 0 aliphatic carbocycles. The van der Waals surface area contributed by atoms with E-state index >= 15 is 0 Å². The van der Waals surface area contributed by atoms with Crippen molar-refractivity contribution in [1.82, 2.24) is 9.80 Å². The molecule has 3 heteroatoms. The maximum absolute atomic E-state index is 12.7. The Bertz CT molecular complexity index is 693. The molecule has 1 aliphatic heterocycles. The fourth-order valence-corrected chi connectivity index (χ4v) is 3.30. The fourth-order valence-electron chi connectivity index (χ4n) is 3.30. The summed E-state index contributed by atoms with van der Waals surface area (Å²) in [6, 6.07) is 14.1. The van der Waals surface area contributed by atoms with Crippen LogP contribution in [0.25, 0.3) is 0 Å². The largest absolute Gasteiger partial charge is 0.304 e. The molecule has 3 rings (SSSR count). The minimum atomic E-state index is 0.105. The molecule has 0 bridgehead atoms. The first-order valence-electron chi connectivity index (χ1n) is 8.64. The standard InChI is InChI=1S/C21H26N2O/c1-16-12-17(2)14-20(13-16)21(24)19-6-4-18(5-7-19)15-23-10-8-22(3)9-11-23/h4-7,12-14H,8-11,15H2,1-3H3. The predicted molar refractivity (Wildman–Crippen MR) is 98.6 cm³/mol. The fraction of sp³-hybridized carbons (Fsp3) is 0.381. The summed E-state index contributed by atoms with van der Waals surface area (Å²) >= 11 is 0. The van der Waals surface area contributed by atoms with Crippen molar-refractivity contribution in [2.45, 2.75) is 20.4 Å². The third kappa shape index (κ3) is 4.11. The molecule has 24 heavy (non-hydrogen) atoms. The highest BCUT2D eigenvalue weighted by molar-refractivity contribution is 6.09. The summed E-state index contributed by atoms with van der Waals surface area (Å²) in [6.45, 7) is 9.50. The Hall–Kier alpha value is -1.97. The van der Waals surface area contributed by atoms with Gasteiger partial charge in [-0.05, 0) is 38.6 Å². The van der Waals surface area contributed by atoms with Gasteiger partial charge in [0, 0.05) is 43.9 Å². The first kappa shape index (κ1) is 16.9. The lowest BCUT2D eigenvalue weighted by Crippen LogP contribution is -2.43. The summed E-state index contributed by atoms with van der Waals surface area (Å²) in [4.78, 5) is 17.5. The number of ketones is 1. The van der Waals surface area contributed by atoms with Gasteiger partial charge in [0.25, 0.3) is 0 Å². The molecule has 0 spiro atoms. The third-order valence-corrected chi connectivity index (χ3v) is 4.70. The molecule has 0 N–H and O–H groups in total. The van der Waals surface area contributed by atoms with Crippen molar-refractivity contribution in [3.63, 3.8) is 0 Å². The smallest absolute Gasteiger partial charge is 0.193 e. The number of nitrogens with zero attached hydrogens (tertiary/aromatic N) is 2. The van der Waals surface area contributed by atoms with Crippen molar-refractivity contribution >= 4 is 5.78 Å². The molecular formula is C21H26N2O. The minimum absolute atomic E-state index is 0.105. The average Bonchev–Trinajstić information content (AvgIpc) is 2.56. The summed E-state index contributed by atoms with van der Waals surface area (Å²) in [7, 11) is 2.17. The first-order valence-corrected chi connectivity index (χ1v) is 8.64. The van der Waals surface area contributed by atoms with E-state index in [-0.39, 0.29) is 5.78 Å². The number of rotatable bonds is 4.